The molecule has 0 spiro atoms. The van der Waals surface area contributed by atoms with Gasteiger partial charge in [0.25, 0.3) is 10.1 Å². The number of allylic oxidation sites excluding steroid dienone is 1. The quantitative estimate of drug-likeness (QED) is 0.630. The van der Waals surface area contributed by atoms with Gasteiger partial charge in [-0.15, -0.1) is 0 Å². The molecule has 0 amide bonds. The molecule has 19 heavy (non-hydrogen) atoms. The van der Waals surface area contributed by atoms with Gasteiger partial charge in [-0.3, -0.25) is 4.18 Å². The smallest absolute Gasteiger partial charge is 0.261 e. The molecule has 3 rings (SSSR count). The third kappa shape index (κ3) is 2.38. The third-order valence-electron chi connectivity index (χ3n) is 3.70. The molecule has 0 saturated carbocycles. The summed E-state index contributed by atoms with van der Waals surface area (Å²) in [6.45, 7) is 1.92. The lowest BCUT2D eigenvalue weighted by atomic mass is 9.91. The molecule has 1 aromatic carbocycles. The predicted molar refractivity (Wildman–Crippen MR) is 73.1 cm³/mol. The second-order valence-corrected chi connectivity index (χ2v) is 6.69. The molecule has 2 aliphatic carbocycles. The van der Waals surface area contributed by atoms with Gasteiger partial charge in [-0.2, -0.15) is 8.42 Å². The lowest BCUT2D eigenvalue weighted by molar-refractivity contribution is 0.146. The molecular formula is C15H16O3S. The number of aryl methyl sites for hydroxylation is 1. The molecule has 0 N–H and O–H groups in total. The fourth-order valence-corrected chi connectivity index (χ4v) is 3.74. The third-order valence-corrected chi connectivity index (χ3v) is 5.02. The van der Waals surface area contributed by atoms with E-state index in [-0.39, 0.29) is 22.8 Å². The summed E-state index contributed by atoms with van der Waals surface area (Å²) in [7, 11) is -3.68. The number of benzene rings is 1. The summed E-state index contributed by atoms with van der Waals surface area (Å²) in [5, 5.41) is 0. The van der Waals surface area contributed by atoms with Gasteiger partial charge in [-0.05, 0) is 25.5 Å². The van der Waals surface area contributed by atoms with Crippen molar-refractivity contribution in [2.75, 3.05) is 0 Å². The van der Waals surface area contributed by atoms with E-state index in [2.05, 4.69) is 12.2 Å². The standard InChI is InChI=1S/C15H16O3S/c1-11-5-9-14(10-6-11)19(16,17)18-15-12-3-2-4-13(15)8-7-12/h2-3,5-10,12-13,15H,4H2,1H3. The van der Waals surface area contributed by atoms with E-state index in [1.165, 1.54) is 0 Å². The normalized spacial score (nSPS) is 28.8. The van der Waals surface area contributed by atoms with E-state index in [4.69, 9.17) is 4.18 Å². The van der Waals surface area contributed by atoms with Crippen molar-refractivity contribution in [1.82, 2.24) is 0 Å². The summed E-state index contributed by atoms with van der Waals surface area (Å²) < 4.78 is 30.0. The topological polar surface area (TPSA) is 43.4 Å². The van der Waals surface area contributed by atoms with Gasteiger partial charge >= 0.3 is 0 Å². The maximum Gasteiger partial charge on any atom is 0.297 e. The maximum absolute atomic E-state index is 12.3. The summed E-state index contributed by atoms with van der Waals surface area (Å²) in [6, 6.07) is 6.76. The van der Waals surface area contributed by atoms with E-state index in [0.717, 1.165) is 12.0 Å². The molecular weight excluding hydrogens is 260 g/mol. The highest BCUT2D eigenvalue weighted by molar-refractivity contribution is 7.86. The summed E-state index contributed by atoms with van der Waals surface area (Å²) in [6.07, 6.45) is 8.77. The van der Waals surface area contributed by atoms with Crippen LogP contribution < -0.4 is 0 Å². The zero-order chi connectivity index (χ0) is 13.5. The highest BCUT2D eigenvalue weighted by Gasteiger charge is 2.36. The second kappa shape index (κ2) is 4.62. The molecule has 4 heteroatoms. The van der Waals surface area contributed by atoms with Gasteiger partial charge in [0, 0.05) is 11.8 Å². The Hall–Kier alpha value is -1.39. The van der Waals surface area contributed by atoms with Crippen LogP contribution in [0, 0.1) is 18.8 Å². The Morgan fingerprint density at radius 2 is 1.84 bits per heavy atom. The van der Waals surface area contributed by atoms with Gasteiger partial charge in [-0.1, -0.05) is 42.0 Å². The number of hydrogen-bond donors (Lipinski definition) is 0. The van der Waals surface area contributed by atoms with Gasteiger partial charge in [0.15, 0.2) is 0 Å². The molecule has 2 aliphatic rings. The van der Waals surface area contributed by atoms with Crippen molar-refractivity contribution in [2.45, 2.75) is 24.3 Å². The minimum absolute atomic E-state index is 0.0824. The average Bonchev–Trinajstić information content (AvgIpc) is 2.62. The van der Waals surface area contributed by atoms with E-state index in [1.54, 1.807) is 24.3 Å². The Morgan fingerprint density at radius 1 is 1.11 bits per heavy atom. The fraction of sp³-hybridized carbons (Fsp3) is 0.333. The van der Waals surface area contributed by atoms with Crippen molar-refractivity contribution in [2.24, 2.45) is 11.8 Å². The van der Waals surface area contributed by atoms with Crippen molar-refractivity contribution < 1.29 is 12.6 Å². The van der Waals surface area contributed by atoms with Crippen LogP contribution in [0.3, 0.4) is 0 Å². The van der Waals surface area contributed by atoms with E-state index >= 15 is 0 Å². The SMILES string of the molecule is Cc1ccc(S(=O)(=O)OC2C3C=CCC2C=C3)cc1. The zero-order valence-corrected chi connectivity index (χ0v) is 11.5. The Balaban J connectivity index is 1.83. The van der Waals surface area contributed by atoms with Crippen molar-refractivity contribution in [3.63, 3.8) is 0 Å². The molecule has 100 valence electrons. The first-order chi connectivity index (χ1) is 9.06. The largest absolute Gasteiger partial charge is 0.297 e. The van der Waals surface area contributed by atoms with E-state index < -0.39 is 10.1 Å². The average molecular weight is 276 g/mol. The Labute approximate surface area is 113 Å². The van der Waals surface area contributed by atoms with Crippen molar-refractivity contribution >= 4 is 10.1 Å². The van der Waals surface area contributed by atoms with Crippen LogP contribution in [0.15, 0.2) is 53.5 Å². The molecule has 0 aromatic heterocycles. The summed E-state index contributed by atoms with van der Waals surface area (Å²) in [4.78, 5) is 0.229. The summed E-state index contributed by atoms with van der Waals surface area (Å²) >= 11 is 0. The molecule has 2 bridgehead atoms. The van der Waals surface area contributed by atoms with Gasteiger partial charge in [0.05, 0.1) is 11.0 Å². The minimum atomic E-state index is -3.68. The van der Waals surface area contributed by atoms with Crippen LogP contribution in [0.5, 0.6) is 0 Å². The second-order valence-electron chi connectivity index (χ2n) is 5.12. The number of fused-ring (bicyclic) bond motifs is 2. The maximum atomic E-state index is 12.3. The van der Waals surface area contributed by atoms with Crippen LogP contribution in [-0.4, -0.2) is 14.5 Å². The van der Waals surface area contributed by atoms with Crippen LogP contribution in [-0.2, 0) is 14.3 Å². The Kier molecular flexibility index (Phi) is 3.07. The fourth-order valence-electron chi connectivity index (χ4n) is 2.60. The number of rotatable bonds is 3. The lowest BCUT2D eigenvalue weighted by Gasteiger charge is -2.25. The molecule has 3 atom stereocenters. The highest BCUT2D eigenvalue weighted by Crippen LogP contribution is 2.36. The predicted octanol–water partition coefficient (Wildman–Crippen LogP) is 2.83. The minimum Gasteiger partial charge on any atom is -0.261 e. The van der Waals surface area contributed by atoms with Crippen LogP contribution in [0.4, 0.5) is 0 Å². The number of hydrogen-bond acceptors (Lipinski definition) is 3. The van der Waals surface area contributed by atoms with Crippen LogP contribution >= 0.6 is 0 Å². The van der Waals surface area contributed by atoms with Gasteiger partial charge < -0.3 is 0 Å². The zero-order valence-electron chi connectivity index (χ0n) is 10.7. The van der Waals surface area contributed by atoms with Gasteiger partial charge in [0.2, 0.25) is 0 Å². The Bertz CT molecular complexity index is 624. The first kappa shape index (κ1) is 12.6. The molecule has 0 heterocycles. The highest BCUT2D eigenvalue weighted by atomic mass is 32.2. The van der Waals surface area contributed by atoms with Crippen LogP contribution in [0.25, 0.3) is 0 Å². The van der Waals surface area contributed by atoms with Crippen molar-refractivity contribution in [3.8, 4) is 0 Å². The first-order valence-corrected chi connectivity index (χ1v) is 7.82. The molecule has 0 saturated heterocycles. The monoisotopic (exact) mass is 276 g/mol. The van der Waals surface area contributed by atoms with Crippen molar-refractivity contribution in [1.29, 1.82) is 0 Å². The summed E-state index contributed by atoms with van der Waals surface area (Å²) in [5.74, 6) is 0.259. The van der Waals surface area contributed by atoms with Crippen LogP contribution in [0.1, 0.15) is 12.0 Å². The van der Waals surface area contributed by atoms with E-state index in [0.29, 0.717) is 0 Å². The van der Waals surface area contributed by atoms with Crippen molar-refractivity contribution in [3.05, 3.63) is 54.1 Å². The van der Waals surface area contributed by atoms with E-state index in [1.807, 2.05) is 19.1 Å². The molecule has 3 unspecified atom stereocenters. The first-order valence-electron chi connectivity index (χ1n) is 6.41. The molecule has 3 nitrogen and oxygen atoms in total. The van der Waals surface area contributed by atoms with Crippen LogP contribution in [0.2, 0.25) is 0 Å². The molecule has 0 radical (unpaired) electrons. The Morgan fingerprint density at radius 3 is 2.53 bits per heavy atom. The molecule has 0 aliphatic heterocycles. The summed E-state index contributed by atoms with van der Waals surface area (Å²) in [5.41, 5.74) is 1.03. The molecule has 1 aromatic rings. The molecule has 0 fully saturated rings. The van der Waals surface area contributed by atoms with Gasteiger partial charge in [-0.25, -0.2) is 0 Å². The lowest BCUT2D eigenvalue weighted by Crippen LogP contribution is -2.30. The van der Waals surface area contributed by atoms with E-state index in [9.17, 15) is 8.42 Å². The van der Waals surface area contributed by atoms with Gasteiger partial charge in [0.1, 0.15) is 0 Å².